The molecule has 308 valence electrons. The van der Waals surface area contributed by atoms with Crippen molar-refractivity contribution < 1.29 is 33.0 Å². The lowest BCUT2D eigenvalue weighted by Crippen LogP contribution is -2.33. The highest BCUT2D eigenvalue weighted by Crippen LogP contribution is 2.42. The molecule has 0 bridgehead atoms. The fourth-order valence-corrected chi connectivity index (χ4v) is 10.3. The summed E-state index contributed by atoms with van der Waals surface area (Å²) in [5.74, 6) is -0.924. The number of rotatable bonds is 22. The Morgan fingerprint density at radius 1 is 0.912 bits per heavy atom. The molecule has 2 heterocycles. The highest BCUT2D eigenvalue weighted by atomic mass is 32.2. The van der Waals surface area contributed by atoms with Gasteiger partial charge in [0, 0.05) is 51.8 Å². The van der Waals surface area contributed by atoms with Crippen molar-refractivity contribution in [3.8, 4) is 17.0 Å². The number of fused-ring (bicyclic) bond motifs is 1. The van der Waals surface area contributed by atoms with E-state index in [0.29, 0.717) is 29.0 Å². The second kappa shape index (κ2) is 21.2. The van der Waals surface area contributed by atoms with E-state index in [1.54, 1.807) is 36.7 Å². The molecule has 0 fully saturated rings. The highest BCUT2D eigenvalue weighted by molar-refractivity contribution is 8.01. The van der Waals surface area contributed by atoms with Crippen molar-refractivity contribution in [3.63, 3.8) is 0 Å². The first-order chi connectivity index (χ1) is 27.5. The minimum Gasteiger partial charge on any atom is -0.495 e. The summed E-state index contributed by atoms with van der Waals surface area (Å²) < 4.78 is 34.6. The minimum atomic E-state index is -3.62. The number of ketones is 1. The molecule has 1 atom stereocenters. The lowest BCUT2D eigenvalue weighted by atomic mass is 9.91. The Morgan fingerprint density at radius 3 is 2.25 bits per heavy atom. The van der Waals surface area contributed by atoms with E-state index < -0.39 is 33.1 Å². The predicted octanol–water partition coefficient (Wildman–Crippen LogP) is 9.68. The summed E-state index contributed by atoms with van der Waals surface area (Å²) in [6, 6.07) is 14.7. The molecule has 4 aromatic rings. The molecule has 0 radical (unpaired) electrons. The number of carbonyl (C=O) groups is 2. The number of hydrogen-bond acceptors (Lipinski definition) is 9. The van der Waals surface area contributed by atoms with Crippen LogP contribution in [0.1, 0.15) is 137 Å². The molecule has 0 saturated heterocycles. The lowest BCUT2D eigenvalue weighted by Gasteiger charge is -2.21. The number of amides is 1. The number of sulfone groups is 1. The Kier molecular flexibility index (Phi) is 16.4. The van der Waals surface area contributed by atoms with Crippen LogP contribution in [0.15, 0.2) is 76.8 Å². The summed E-state index contributed by atoms with van der Waals surface area (Å²) in [5, 5.41) is 22.0. The van der Waals surface area contributed by atoms with E-state index in [9.17, 15) is 23.4 Å². The molecular formula is C45H59N3O7S2. The maximum absolute atomic E-state index is 15.2. The van der Waals surface area contributed by atoms with E-state index in [4.69, 9.17) is 4.74 Å². The molecule has 2 aromatic heterocycles. The number of Topliss-reactive ketones (excluding diaryl/α,β-unsaturated/α-hetero) is 1. The number of anilines is 1. The largest absolute Gasteiger partial charge is 0.495 e. The number of thioether (sulfide) groups is 1. The van der Waals surface area contributed by atoms with Crippen LogP contribution < -0.4 is 10.1 Å². The van der Waals surface area contributed by atoms with Crippen LogP contribution >= 0.6 is 11.8 Å². The monoisotopic (exact) mass is 817 g/mol. The van der Waals surface area contributed by atoms with Crippen LogP contribution in [-0.4, -0.2) is 58.0 Å². The average Bonchev–Trinajstić information content (AvgIpc) is 3.56. The third-order valence-electron chi connectivity index (χ3n) is 10.7. The first-order valence-electron chi connectivity index (χ1n) is 20.5. The molecular weight excluding hydrogens is 759 g/mol. The van der Waals surface area contributed by atoms with E-state index in [2.05, 4.69) is 35.6 Å². The van der Waals surface area contributed by atoms with Gasteiger partial charge in [0.15, 0.2) is 27.2 Å². The van der Waals surface area contributed by atoms with Crippen LogP contribution in [0.2, 0.25) is 0 Å². The number of unbranched alkanes of at least 4 members (excludes halogenated alkanes) is 9. The molecule has 1 aliphatic carbocycles. The molecule has 10 nitrogen and oxygen atoms in total. The Morgan fingerprint density at radius 2 is 1.60 bits per heavy atom. The molecule has 1 unspecified atom stereocenters. The maximum atomic E-state index is 15.2. The zero-order valence-corrected chi connectivity index (χ0v) is 35.5. The predicted molar refractivity (Wildman–Crippen MR) is 228 cm³/mol. The highest BCUT2D eigenvalue weighted by Gasteiger charge is 2.38. The second-order valence-electron chi connectivity index (χ2n) is 15.2. The first kappa shape index (κ1) is 44.1. The van der Waals surface area contributed by atoms with Crippen molar-refractivity contribution in [2.45, 2.75) is 138 Å². The molecule has 2 aromatic carbocycles. The average molecular weight is 818 g/mol. The van der Waals surface area contributed by atoms with Crippen molar-refractivity contribution in [1.29, 1.82) is 0 Å². The fourth-order valence-electron chi connectivity index (χ4n) is 7.79. The number of nitrogens with zero attached hydrogens (tertiary/aromatic N) is 2. The number of carbonyl (C=O) groups excluding carboxylic acids is 2. The van der Waals surface area contributed by atoms with Crippen LogP contribution in [0.5, 0.6) is 5.75 Å². The smallest absolute Gasteiger partial charge is 0.245 e. The minimum absolute atomic E-state index is 0.0152. The van der Waals surface area contributed by atoms with Gasteiger partial charge in [-0.25, -0.2) is 8.42 Å². The second-order valence-corrected chi connectivity index (χ2v) is 18.4. The molecule has 12 heteroatoms. The maximum Gasteiger partial charge on any atom is 0.245 e. The summed E-state index contributed by atoms with van der Waals surface area (Å²) in [6.45, 7) is 6.37. The number of aliphatic hydroxyl groups is 2. The summed E-state index contributed by atoms with van der Waals surface area (Å²) in [7, 11) is -2.21. The van der Waals surface area contributed by atoms with Gasteiger partial charge >= 0.3 is 0 Å². The number of pyridine rings is 1. The number of ether oxygens (including phenoxy) is 1. The van der Waals surface area contributed by atoms with Crippen LogP contribution in [0, 0.1) is 0 Å². The van der Waals surface area contributed by atoms with Crippen LogP contribution in [-0.2, 0) is 27.5 Å². The Bertz CT molecular complexity index is 2060. The van der Waals surface area contributed by atoms with Crippen LogP contribution in [0.4, 0.5) is 5.69 Å². The standard InChI is InChI=1S/C45H59N3O7S2/c1-5-6-7-8-9-10-11-12-13-18-28-57(53,54)33-25-26-36(38(29-33)55-4)47-44(50)43(56-39-24-17-15-22-35(39)45(51)52)42(49)40-34-21-14-16-23-37(34)48(31(2)3)41(40)32-20-19-27-46-30-32/h15,17,19-20,22,24-27,29-31,43,45,51-52H,5-14,16,18,21,23,28H2,1-4H3,(H,47,50). The van der Waals surface area contributed by atoms with Crippen molar-refractivity contribution in [2.24, 2.45) is 0 Å². The molecule has 0 aliphatic heterocycles. The first-order valence-corrected chi connectivity index (χ1v) is 23.1. The molecule has 3 N–H and O–H groups in total. The summed E-state index contributed by atoms with van der Waals surface area (Å²) in [6.07, 6.45) is 15.9. The number of aromatic nitrogens is 2. The summed E-state index contributed by atoms with van der Waals surface area (Å²) in [4.78, 5) is 34.6. The van der Waals surface area contributed by atoms with E-state index in [1.165, 1.54) is 63.8 Å². The van der Waals surface area contributed by atoms with Gasteiger partial charge in [-0.1, -0.05) is 82.9 Å². The van der Waals surface area contributed by atoms with E-state index >= 15 is 4.79 Å². The Labute approximate surface area is 342 Å². The van der Waals surface area contributed by atoms with Gasteiger partial charge in [-0.05, 0) is 81.8 Å². The van der Waals surface area contributed by atoms with Crippen LogP contribution in [0.25, 0.3) is 11.3 Å². The van der Waals surface area contributed by atoms with Gasteiger partial charge < -0.3 is 24.8 Å². The van der Waals surface area contributed by atoms with E-state index in [1.807, 2.05) is 12.1 Å². The van der Waals surface area contributed by atoms with Gasteiger partial charge in [0.1, 0.15) is 5.75 Å². The fraction of sp³-hybridized carbons (Fsp3) is 0.489. The Hall–Kier alpha value is -3.97. The lowest BCUT2D eigenvalue weighted by molar-refractivity contribution is -0.115. The molecule has 0 saturated carbocycles. The zero-order chi connectivity index (χ0) is 41.0. The number of nitrogens with one attached hydrogen (secondary N) is 1. The van der Waals surface area contributed by atoms with Crippen molar-refractivity contribution in [1.82, 2.24) is 9.55 Å². The molecule has 0 spiro atoms. The van der Waals surface area contributed by atoms with E-state index in [-0.39, 0.29) is 33.7 Å². The Balaban J connectivity index is 1.43. The van der Waals surface area contributed by atoms with Crippen molar-refractivity contribution >= 4 is 39.0 Å². The van der Waals surface area contributed by atoms with Gasteiger partial charge in [-0.15, -0.1) is 11.8 Å². The SMILES string of the molecule is CCCCCCCCCCCCS(=O)(=O)c1ccc(NC(=O)C(Sc2ccccc2C(O)O)C(=O)c2c3c(n(C(C)C)c2-c2cccnc2)CCCC3)c(OC)c1. The number of hydrogen-bond donors (Lipinski definition) is 3. The molecule has 57 heavy (non-hydrogen) atoms. The number of benzene rings is 2. The van der Waals surface area contributed by atoms with Gasteiger partial charge in [0.2, 0.25) is 5.91 Å². The topological polar surface area (TPSA) is 148 Å². The van der Waals surface area contributed by atoms with Gasteiger partial charge in [-0.2, -0.15) is 0 Å². The third-order valence-corrected chi connectivity index (χ3v) is 13.8. The van der Waals surface area contributed by atoms with E-state index in [0.717, 1.165) is 67.1 Å². The summed E-state index contributed by atoms with van der Waals surface area (Å²) in [5.41, 5.74) is 4.29. The van der Waals surface area contributed by atoms with Crippen molar-refractivity contribution in [3.05, 3.63) is 89.4 Å². The van der Waals surface area contributed by atoms with Gasteiger partial charge in [0.05, 0.1) is 29.1 Å². The number of methoxy groups -OCH3 is 1. The normalized spacial score (nSPS) is 13.5. The number of aliphatic hydroxyl groups excluding tert-OH is 1. The molecule has 1 amide bonds. The quantitative estimate of drug-likeness (QED) is 0.0232. The van der Waals surface area contributed by atoms with Gasteiger partial charge in [0.25, 0.3) is 0 Å². The molecule has 1 aliphatic rings. The van der Waals surface area contributed by atoms with Crippen LogP contribution in [0.3, 0.4) is 0 Å². The van der Waals surface area contributed by atoms with Crippen molar-refractivity contribution in [2.75, 3.05) is 18.2 Å². The third kappa shape index (κ3) is 11.2. The zero-order valence-electron chi connectivity index (χ0n) is 33.8. The van der Waals surface area contributed by atoms with Gasteiger partial charge in [-0.3, -0.25) is 14.6 Å². The molecule has 5 rings (SSSR count). The summed E-state index contributed by atoms with van der Waals surface area (Å²) >= 11 is 0.944.